The molecule has 0 rings (SSSR count). The number of carbonyl (C=O) groups excluding carboxylic acids is 3. The molecule has 0 unspecified atom stereocenters. The average molecular weight is 905 g/mol. The molecule has 372 valence electrons. The number of rotatable bonds is 48. The topological polar surface area (TPSA) is 78.9 Å². The monoisotopic (exact) mass is 905 g/mol. The minimum absolute atomic E-state index is 0.101. The molecule has 0 amide bonds. The molecule has 0 fully saturated rings. The summed E-state index contributed by atoms with van der Waals surface area (Å²) in [6.07, 6.45) is 68.6. The zero-order valence-electron chi connectivity index (χ0n) is 42.5. The van der Waals surface area contributed by atoms with Gasteiger partial charge in [0.25, 0.3) is 0 Å². The predicted molar refractivity (Wildman–Crippen MR) is 279 cm³/mol. The summed E-state index contributed by atoms with van der Waals surface area (Å²) in [5, 5.41) is 0. The second-order valence-electron chi connectivity index (χ2n) is 17.8. The van der Waals surface area contributed by atoms with E-state index in [9.17, 15) is 14.4 Å². The van der Waals surface area contributed by atoms with Crippen LogP contribution in [0.25, 0.3) is 0 Å². The minimum Gasteiger partial charge on any atom is -0.462 e. The van der Waals surface area contributed by atoms with Crippen molar-refractivity contribution in [1.82, 2.24) is 0 Å². The van der Waals surface area contributed by atoms with Crippen LogP contribution in [0.15, 0.2) is 85.1 Å². The summed E-state index contributed by atoms with van der Waals surface area (Å²) in [4.78, 5) is 38.0. The zero-order chi connectivity index (χ0) is 47.2. The molecule has 0 saturated carbocycles. The third kappa shape index (κ3) is 51.4. The fourth-order valence-corrected chi connectivity index (χ4v) is 7.35. The molecule has 0 aliphatic rings. The van der Waals surface area contributed by atoms with E-state index >= 15 is 0 Å². The quantitative estimate of drug-likeness (QED) is 0.0262. The highest BCUT2D eigenvalue weighted by molar-refractivity contribution is 5.71. The van der Waals surface area contributed by atoms with Gasteiger partial charge in [-0.1, -0.05) is 234 Å². The fraction of sp³-hybridized carbons (Fsp3) is 0.712. The van der Waals surface area contributed by atoms with Gasteiger partial charge >= 0.3 is 17.9 Å². The average Bonchev–Trinajstić information content (AvgIpc) is 3.30. The van der Waals surface area contributed by atoms with Crippen molar-refractivity contribution >= 4 is 17.9 Å². The third-order valence-corrected chi connectivity index (χ3v) is 11.4. The first-order valence-electron chi connectivity index (χ1n) is 27.1. The normalized spacial score (nSPS) is 12.7. The van der Waals surface area contributed by atoms with Crippen LogP contribution in [0.5, 0.6) is 0 Å². The molecule has 0 heterocycles. The summed E-state index contributed by atoms with van der Waals surface area (Å²) in [6, 6.07) is 0. The first-order chi connectivity index (χ1) is 32.0. The zero-order valence-corrected chi connectivity index (χ0v) is 42.5. The van der Waals surface area contributed by atoms with Gasteiger partial charge in [0.15, 0.2) is 6.10 Å². The molecule has 0 aromatic heterocycles. The van der Waals surface area contributed by atoms with Crippen molar-refractivity contribution in [3.8, 4) is 0 Å². The van der Waals surface area contributed by atoms with Crippen LogP contribution in [0.4, 0.5) is 0 Å². The van der Waals surface area contributed by atoms with E-state index in [0.717, 1.165) is 89.9 Å². The van der Waals surface area contributed by atoms with Crippen LogP contribution in [-0.2, 0) is 28.6 Å². The second kappa shape index (κ2) is 53.2. The maximum Gasteiger partial charge on any atom is 0.306 e. The summed E-state index contributed by atoms with van der Waals surface area (Å²) < 4.78 is 16.7. The lowest BCUT2D eigenvalue weighted by Crippen LogP contribution is -2.30. The summed E-state index contributed by atoms with van der Waals surface area (Å²) in [5.41, 5.74) is 0. The minimum atomic E-state index is -0.809. The molecule has 0 radical (unpaired) electrons. The SMILES string of the molecule is CC/C=C\C/C=C\C/C=C\C/C=C\C/C=C\C/C=C\CCC(=O)OC[C@H](COC(=O)CCCCCCCCCCCCCCCCC)OC(=O)CCCCCCC/C=C\CCCCCC. The molecule has 0 aliphatic carbocycles. The van der Waals surface area contributed by atoms with Crippen molar-refractivity contribution < 1.29 is 28.6 Å². The first kappa shape index (κ1) is 61.6. The van der Waals surface area contributed by atoms with Gasteiger partial charge in [0, 0.05) is 19.3 Å². The molecule has 6 nitrogen and oxygen atoms in total. The van der Waals surface area contributed by atoms with Crippen molar-refractivity contribution in [2.75, 3.05) is 13.2 Å². The first-order valence-corrected chi connectivity index (χ1v) is 27.1. The number of unbranched alkanes of at least 4 members (excludes halogenated alkanes) is 23. The summed E-state index contributed by atoms with van der Waals surface area (Å²) >= 11 is 0. The fourth-order valence-electron chi connectivity index (χ4n) is 7.35. The van der Waals surface area contributed by atoms with Gasteiger partial charge in [-0.15, -0.1) is 0 Å². The number of esters is 3. The van der Waals surface area contributed by atoms with Gasteiger partial charge in [-0.25, -0.2) is 0 Å². The van der Waals surface area contributed by atoms with Crippen molar-refractivity contribution in [2.24, 2.45) is 0 Å². The Balaban J connectivity index is 4.48. The number of allylic oxidation sites excluding steroid dienone is 14. The molecule has 0 spiro atoms. The van der Waals surface area contributed by atoms with Crippen molar-refractivity contribution in [1.29, 1.82) is 0 Å². The lowest BCUT2D eigenvalue weighted by Gasteiger charge is -2.18. The van der Waals surface area contributed by atoms with Gasteiger partial charge in [0.1, 0.15) is 13.2 Å². The van der Waals surface area contributed by atoms with E-state index in [1.54, 1.807) is 0 Å². The number of carbonyl (C=O) groups is 3. The van der Waals surface area contributed by atoms with E-state index in [4.69, 9.17) is 14.2 Å². The van der Waals surface area contributed by atoms with Crippen LogP contribution in [-0.4, -0.2) is 37.2 Å². The van der Waals surface area contributed by atoms with E-state index in [-0.39, 0.29) is 37.5 Å². The number of ether oxygens (including phenoxy) is 3. The summed E-state index contributed by atoms with van der Waals surface area (Å²) in [6.45, 7) is 6.45. The Labute approximate surface area is 401 Å². The van der Waals surface area contributed by atoms with E-state index < -0.39 is 6.10 Å². The van der Waals surface area contributed by atoms with Gasteiger partial charge in [0.2, 0.25) is 0 Å². The van der Waals surface area contributed by atoms with E-state index in [1.807, 2.05) is 6.08 Å². The Hall–Kier alpha value is -3.41. The van der Waals surface area contributed by atoms with Crippen LogP contribution < -0.4 is 0 Å². The standard InChI is InChI=1S/C59H100O6/c1-4-7-10-13-16-19-22-25-27-28-29-30-32-35-37-40-43-46-49-52-58(61)64-55-56(65-59(62)53-50-47-44-41-38-33-24-21-18-15-12-9-6-3)54-63-57(60)51-48-45-42-39-36-34-31-26-23-20-17-14-11-8-5-2/h7,10,16,19,21,24-25,27,29-30,35,37,43,46,56H,4-6,8-9,11-15,17-18,20,22-23,26,28,31-34,36,38-42,44-45,47-55H2,1-3H3/b10-7-,19-16-,24-21-,27-25-,30-29-,37-35-,46-43-/t56-/m0/s1. The Morgan fingerprint density at radius 1 is 0.323 bits per heavy atom. The smallest absolute Gasteiger partial charge is 0.306 e. The highest BCUT2D eigenvalue weighted by atomic mass is 16.6. The van der Waals surface area contributed by atoms with E-state index in [1.165, 1.54) is 116 Å². The Bertz CT molecular complexity index is 1270. The molecule has 0 aromatic carbocycles. The Kier molecular flexibility index (Phi) is 50.4. The molecule has 65 heavy (non-hydrogen) atoms. The lowest BCUT2D eigenvalue weighted by molar-refractivity contribution is -0.166. The highest BCUT2D eigenvalue weighted by Crippen LogP contribution is 2.15. The second-order valence-corrected chi connectivity index (χ2v) is 17.8. The van der Waals surface area contributed by atoms with Gasteiger partial charge in [-0.05, 0) is 83.5 Å². The van der Waals surface area contributed by atoms with Crippen LogP contribution >= 0.6 is 0 Å². The van der Waals surface area contributed by atoms with E-state index in [0.29, 0.717) is 19.3 Å². The Morgan fingerprint density at radius 2 is 0.631 bits per heavy atom. The van der Waals surface area contributed by atoms with Crippen molar-refractivity contribution in [3.63, 3.8) is 0 Å². The van der Waals surface area contributed by atoms with Crippen molar-refractivity contribution in [2.45, 2.75) is 258 Å². The molecular weight excluding hydrogens is 805 g/mol. The molecule has 0 aromatic rings. The molecular formula is C59H100O6. The van der Waals surface area contributed by atoms with Crippen LogP contribution in [0.1, 0.15) is 252 Å². The lowest BCUT2D eigenvalue weighted by atomic mass is 10.0. The summed E-state index contributed by atoms with van der Waals surface area (Å²) in [7, 11) is 0. The van der Waals surface area contributed by atoms with Gasteiger partial charge < -0.3 is 14.2 Å². The van der Waals surface area contributed by atoms with Crippen LogP contribution in [0, 0.1) is 0 Å². The van der Waals surface area contributed by atoms with E-state index in [2.05, 4.69) is 99.8 Å². The molecule has 6 heteroatoms. The molecule has 0 aliphatic heterocycles. The predicted octanol–water partition coefficient (Wildman–Crippen LogP) is 18.0. The molecule has 0 saturated heterocycles. The number of hydrogen-bond donors (Lipinski definition) is 0. The van der Waals surface area contributed by atoms with Crippen LogP contribution in [0.3, 0.4) is 0 Å². The maximum absolute atomic E-state index is 12.8. The molecule has 1 atom stereocenters. The third-order valence-electron chi connectivity index (χ3n) is 11.4. The largest absolute Gasteiger partial charge is 0.462 e. The van der Waals surface area contributed by atoms with Gasteiger partial charge in [0.05, 0.1) is 0 Å². The van der Waals surface area contributed by atoms with Gasteiger partial charge in [-0.3, -0.25) is 14.4 Å². The Morgan fingerprint density at radius 3 is 1.05 bits per heavy atom. The molecule has 0 bridgehead atoms. The maximum atomic E-state index is 12.8. The van der Waals surface area contributed by atoms with Crippen LogP contribution in [0.2, 0.25) is 0 Å². The molecule has 0 N–H and O–H groups in total. The highest BCUT2D eigenvalue weighted by Gasteiger charge is 2.19. The van der Waals surface area contributed by atoms with Crippen molar-refractivity contribution in [3.05, 3.63) is 85.1 Å². The van der Waals surface area contributed by atoms with Gasteiger partial charge in [-0.2, -0.15) is 0 Å². The summed E-state index contributed by atoms with van der Waals surface area (Å²) in [5.74, 6) is -0.995. The number of hydrogen-bond acceptors (Lipinski definition) is 6.